The van der Waals surface area contributed by atoms with Crippen molar-refractivity contribution in [3.05, 3.63) is 68.0 Å². The van der Waals surface area contributed by atoms with E-state index in [1.807, 2.05) is 6.07 Å². The third kappa shape index (κ3) is 4.47. The lowest BCUT2D eigenvalue weighted by molar-refractivity contribution is -0.117. The number of nitrogens with zero attached hydrogens (tertiary/aromatic N) is 2. The van der Waals surface area contributed by atoms with Gasteiger partial charge in [0.1, 0.15) is 0 Å². The predicted octanol–water partition coefficient (Wildman–Crippen LogP) is 3.95. The smallest absolute Gasteiger partial charge is 0.242 e. The maximum Gasteiger partial charge on any atom is 0.242 e. The molecule has 1 aromatic carbocycles. The van der Waals surface area contributed by atoms with E-state index in [4.69, 9.17) is 0 Å². The van der Waals surface area contributed by atoms with Gasteiger partial charge in [-0.3, -0.25) is 9.69 Å². The van der Waals surface area contributed by atoms with E-state index in [9.17, 15) is 13.2 Å². The summed E-state index contributed by atoms with van der Waals surface area (Å²) in [5.41, 5.74) is 2.41. The topological polar surface area (TPSA) is 69.7 Å². The molecule has 9 heteroatoms. The molecule has 4 rings (SSSR count). The number of benzene rings is 1. The Morgan fingerprint density at radius 2 is 2.00 bits per heavy atom. The summed E-state index contributed by atoms with van der Waals surface area (Å²) in [7, 11) is -0.585. The van der Waals surface area contributed by atoms with E-state index in [0.717, 1.165) is 13.0 Å². The first-order chi connectivity index (χ1) is 14.8. The van der Waals surface area contributed by atoms with Crippen LogP contribution in [-0.2, 0) is 21.2 Å². The normalized spacial score (nSPS) is 17.0. The number of sulfonamides is 1. The van der Waals surface area contributed by atoms with E-state index in [2.05, 4.69) is 33.1 Å². The van der Waals surface area contributed by atoms with Crippen LogP contribution >= 0.6 is 22.7 Å². The van der Waals surface area contributed by atoms with Gasteiger partial charge in [0.2, 0.25) is 15.9 Å². The summed E-state index contributed by atoms with van der Waals surface area (Å²) in [6, 6.07) is 11.4. The Bertz CT molecular complexity index is 1180. The standard InChI is InChI=1S/C22H25N3O3S3/c1-15-6-7-16(13-20(15)31(27,28)24(2)3)23-21(26)14-25-10-8-18-17(9-12-30-18)22(25)19-5-4-11-29-19/h4-7,9,11-13,22H,8,10,14H2,1-3H3,(H,23,26). The molecule has 0 aliphatic carbocycles. The van der Waals surface area contributed by atoms with Crippen LogP contribution in [0, 0.1) is 6.92 Å². The Morgan fingerprint density at radius 3 is 2.71 bits per heavy atom. The van der Waals surface area contributed by atoms with Crippen molar-refractivity contribution in [2.75, 3.05) is 32.5 Å². The van der Waals surface area contributed by atoms with Gasteiger partial charge < -0.3 is 5.32 Å². The summed E-state index contributed by atoms with van der Waals surface area (Å²) in [4.78, 5) is 17.9. The van der Waals surface area contributed by atoms with Gasteiger partial charge in [-0.25, -0.2) is 12.7 Å². The van der Waals surface area contributed by atoms with E-state index in [1.165, 1.54) is 39.8 Å². The van der Waals surface area contributed by atoms with Crippen LogP contribution in [0.25, 0.3) is 0 Å². The minimum atomic E-state index is -3.58. The number of hydrogen-bond donors (Lipinski definition) is 1. The highest BCUT2D eigenvalue weighted by molar-refractivity contribution is 7.89. The maximum absolute atomic E-state index is 12.9. The number of aryl methyl sites for hydroxylation is 1. The van der Waals surface area contributed by atoms with Crippen molar-refractivity contribution >= 4 is 44.3 Å². The molecule has 3 heterocycles. The lowest BCUT2D eigenvalue weighted by Gasteiger charge is -2.34. The fourth-order valence-electron chi connectivity index (χ4n) is 3.86. The highest BCUT2D eigenvalue weighted by atomic mass is 32.2. The van der Waals surface area contributed by atoms with Gasteiger partial charge in [-0.15, -0.1) is 22.7 Å². The van der Waals surface area contributed by atoms with Gasteiger partial charge in [0, 0.05) is 36.1 Å². The van der Waals surface area contributed by atoms with E-state index >= 15 is 0 Å². The average molecular weight is 476 g/mol. The maximum atomic E-state index is 12.9. The SMILES string of the molecule is Cc1ccc(NC(=O)CN2CCc3sccc3C2c2cccs2)cc1S(=O)(=O)N(C)C. The van der Waals surface area contributed by atoms with Crippen molar-refractivity contribution in [2.24, 2.45) is 0 Å². The van der Waals surface area contributed by atoms with Gasteiger partial charge in [-0.05, 0) is 59.5 Å². The van der Waals surface area contributed by atoms with Crippen molar-refractivity contribution in [3.63, 3.8) is 0 Å². The Hall–Kier alpha value is -2.04. The second-order valence-electron chi connectivity index (χ2n) is 7.75. The number of thiophene rings is 2. The number of anilines is 1. The minimum Gasteiger partial charge on any atom is -0.325 e. The highest BCUT2D eigenvalue weighted by Gasteiger charge is 2.31. The Morgan fingerprint density at radius 1 is 1.19 bits per heavy atom. The van der Waals surface area contributed by atoms with Gasteiger partial charge in [0.25, 0.3) is 0 Å². The van der Waals surface area contributed by atoms with Crippen LogP contribution in [0.5, 0.6) is 0 Å². The van der Waals surface area contributed by atoms with Crippen LogP contribution in [0.15, 0.2) is 52.1 Å². The van der Waals surface area contributed by atoms with Crippen molar-refractivity contribution < 1.29 is 13.2 Å². The molecule has 0 saturated carbocycles. The molecule has 0 fully saturated rings. The summed E-state index contributed by atoms with van der Waals surface area (Å²) in [6.07, 6.45) is 0.928. The number of carbonyl (C=O) groups is 1. The third-order valence-electron chi connectivity index (χ3n) is 5.46. The summed E-state index contributed by atoms with van der Waals surface area (Å²) >= 11 is 3.47. The van der Waals surface area contributed by atoms with E-state index < -0.39 is 10.0 Å². The first kappa shape index (κ1) is 22.2. The number of carbonyl (C=O) groups excluding carboxylic acids is 1. The molecule has 2 aromatic heterocycles. The number of fused-ring (bicyclic) bond motifs is 1. The lowest BCUT2D eigenvalue weighted by Crippen LogP contribution is -2.40. The van der Waals surface area contributed by atoms with Crippen LogP contribution in [-0.4, -0.2) is 50.7 Å². The monoisotopic (exact) mass is 475 g/mol. The van der Waals surface area contributed by atoms with E-state index in [0.29, 0.717) is 11.3 Å². The van der Waals surface area contributed by atoms with Crippen molar-refractivity contribution in [3.8, 4) is 0 Å². The van der Waals surface area contributed by atoms with Crippen molar-refractivity contribution in [2.45, 2.75) is 24.3 Å². The zero-order valence-corrected chi connectivity index (χ0v) is 20.1. The molecule has 1 atom stereocenters. The van der Waals surface area contributed by atoms with Gasteiger partial charge in [0.05, 0.1) is 17.5 Å². The van der Waals surface area contributed by atoms with E-state index in [1.54, 1.807) is 41.7 Å². The molecule has 1 aliphatic rings. The summed E-state index contributed by atoms with van der Waals surface area (Å²) in [5.74, 6) is -0.155. The van der Waals surface area contributed by atoms with Crippen LogP contribution in [0.1, 0.15) is 26.9 Å². The minimum absolute atomic E-state index is 0.0726. The van der Waals surface area contributed by atoms with Crippen LogP contribution in [0.3, 0.4) is 0 Å². The van der Waals surface area contributed by atoms with Crippen LogP contribution < -0.4 is 5.32 Å². The van der Waals surface area contributed by atoms with Crippen molar-refractivity contribution in [1.82, 2.24) is 9.21 Å². The second-order valence-corrected chi connectivity index (χ2v) is 11.9. The Balaban J connectivity index is 1.54. The lowest BCUT2D eigenvalue weighted by atomic mass is 9.98. The number of hydrogen-bond acceptors (Lipinski definition) is 6. The molecular formula is C22H25N3O3S3. The number of nitrogens with one attached hydrogen (secondary N) is 1. The third-order valence-corrected chi connectivity index (χ3v) is 9.33. The fourth-order valence-corrected chi connectivity index (χ4v) is 6.78. The average Bonchev–Trinajstić information content (AvgIpc) is 3.41. The summed E-state index contributed by atoms with van der Waals surface area (Å²) in [5, 5.41) is 7.08. The van der Waals surface area contributed by atoms with Crippen molar-refractivity contribution in [1.29, 1.82) is 0 Å². The molecule has 1 N–H and O–H groups in total. The number of rotatable bonds is 6. The summed E-state index contributed by atoms with van der Waals surface area (Å²) in [6.45, 7) is 2.79. The van der Waals surface area contributed by atoms with Crippen LogP contribution in [0.4, 0.5) is 5.69 Å². The van der Waals surface area contributed by atoms with Gasteiger partial charge in [-0.1, -0.05) is 12.1 Å². The molecule has 164 valence electrons. The molecule has 6 nitrogen and oxygen atoms in total. The fraction of sp³-hybridized carbons (Fsp3) is 0.318. The molecule has 0 saturated heterocycles. The largest absolute Gasteiger partial charge is 0.325 e. The van der Waals surface area contributed by atoms with Gasteiger partial charge in [-0.2, -0.15) is 0 Å². The Kier molecular flexibility index (Phi) is 6.32. The molecule has 1 amide bonds. The molecule has 1 unspecified atom stereocenters. The van der Waals surface area contributed by atoms with Gasteiger partial charge in [0.15, 0.2) is 0 Å². The molecular weight excluding hydrogens is 450 g/mol. The molecule has 0 radical (unpaired) electrons. The molecule has 0 bridgehead atoms. The summed E-state index contributed by atoms with van der Waals surface area (Å²) < 4.78 is 26.3. The molecule has 1 aliphatic heterocycles. The first-order valence-electron chi connectivity index (χ1n) is 9.94. The highest BCUT2D eigenvalue weighted by Crippen LogP contribution is 2.39. The first-order valence-corrected chi connectivity index (χ1v) is 13.1. The second kappa shape index (κ2) is 8.84. The number of amides is 1. The Labute approximate surface area is 191 Å². The predicted molar refractivity (Wildman–Crippen MR) is 126 cm³/mol. The quantitative estimate of drug-likeness (QED) is 0.586. The zero-order valence-electron chi connectivity index (χ0n) is 17.7. The van der Waals surface area contributed by atoms with E-state index in [-0.39, 0.29) is 23.4 Å². The molecule has 3 aromatic rings. The molecule has 31 heavy (non-hydrogen) atoms. The van der Waals surface area contributed by atoms with Gasteiger partial charge >= 0.3 is 0 Å². The molecule has 0 spiro atoms. The van der Waals surface area contributed by atoms with Crippen LogP contribution in [0.2, 0.25) is 0 Å². The zero-order chi connectivity index (χ0) is 22.2.